The first kappa shape index (κ1) is 17.3. The van der Waals surface area contributed by atoms with Gasteiger partial charge in [-0.25, -0.2) is 4.98 Å². The van der Waals surface area contributed by atoms with Gasteiger partial charge in [0.25, 0.3) is 0 Å². The maximum absolute atomic E-state index is 8.12. The number of anilines is 1. The molecule has 0 aromatic carbocycles. The quantitative estimate of drug-likeness (QED) is 0.830. The zero-order chi connectivity index (χ0) is 15.8. The van der Waals surface area contributed by atoms with Crippen LogP contribution in [0.25, 0.3) is 0 Å². The summed E-state index contributed by atoms with van der Waals surface area (Å²) in [6.07, 6.45) is 4.01. The van der Waals surface area contributed by atoms with E-state index in [1.54, 1.807) is 13.3 Å². The molecule has 0 spiro atoms. The van der Waals surface area contributed by atoms with Crippen LogP contribution in [0.5, 0.6) is 5.75 Å². The molecule has 0 amide bonds. The summed E-state index contributed by atoms with van der Waals surface area (Å²) in [5.41, 5.74) is 0. The van der Waals surface area contributed by atoms with Gasteiger partial charge in [0.05, 0.1) is 13.2 Å². The van der Waals surface area contributed by atoms with Crippen LogP contribution in [-0.2, 0) is 9.59 Å². The normalized spacial score (nSPS) is 16.7. The van der Waals surface area contributed by atoms with E-state index < -0.39 is 0 Å². The van der Waals surface area contributed by atoms with Gasteiger partial charge in [0, 0.05) is 23.6 Å². The summed E-state index contributed by atoms with van der Waals surface area (Å²) in [5.74, 6) is 2.73. The van der Waals surface area contributed by atoms with Crippen LogP contribution >= 0.6 is 15.9 Å². The van der Waals surface area contributed by atoms with Crippen molar-refractivity contribution in [3.8, 4) is 5.75 Å². The maximum atomic E-state index is 8.12. The summed E-state index contributed by atoms with van der Waals surface area (Å²) < 4.78 is 6.33. The molecule has 0 radical (unpaired) electrons. The van der Waals surface area contributed by atoms with Crippen LogP contribution < -0.4 is 9.64 Å². The van der Waals surface area contributed by atoms with Crippen LogP contribution in [0.4, 0.5) is 5.82 Å². The molecule has 2 rings (SSSR count). The van der Waals surface area contributed by atoms with Crippen LogP contribution in [0, 0.1) is 0 Å². The molecule has 1 aliphatic heterocycles. The molecule has 0 aliphatic carbocycles. The molecule has 0 fully saturated rings. The standard InChI is InChI=1S/C13H18BrN3O.CO2/c1-4-10-8-17(12(5-2)16-10)13-11(18-3)6-9(14)7-15-13;2-1-3/h6-7,10H,4-5,8H2,1-3H3;. The molecule has 1 aromatic heterocycles. The second-order valence-electron chi connectivity index (χ2n) is 4.33. The van der Waals surface area contributed by atoms with Crippen molar-refractivity contribution in [2.45, 2.75) is 32.7 Å². The number of nitrogens with zero attached hydrogens (tertiary/aromatic N) is 3. The Labute approximate surface area is 132 Å². The number of hydrogen-bond donors (Lipinski definition) is 0. The van der Waals surface area contributed by atoms with Crippen LogP contribution in [0.2, 0.25) is 0 Å². The summed E-state index contributed by atoms with van der Waals surface area (Å²) in [4.78, 5) is 27.6. The van der Waals surface area contributed by atoms with E-state index in [0.717, 1.165) is 41.3 Å². The minimum Gasteiger partial charge on any atom is -0.493 e. The van der Waals surface area contributed by atoms with E-state index in [1.165, 1.54) is 0 Å². The van der Waals surface area contributed by atoms with Gasteiger partial charge in [0.1, 0.15) is 5.84 Å². The summed E-state index contributed by atoms with van der Waals surface area (Å²) in [7, 11) is 1.67. The predicted molar refractivity (Wildman–Crippen MR) is 82.6 cm³/mol. The minimum absolute atomic E-state index is 0.250. The first-order valence-corrected chi connectivity index (χ1v) is 7.43. The molecule has 1 aromatic rings. The molecule has 114 valence electrons. The average molecular weight is 356 g/mol. The SMILES string of the molecule is CCC1=NC(CC)CN1c1ncc(Br)cc1OC.O=C=O. The molecule has 0 saturated heterocycles. The highest BCUT2D eigenvalue weighted by Crippen LogP contribution is 2.31. The lowest BCUT2D eigenvalue weighted by molar-refractivity contribution is -0.191. The average Bonchev–Trinajstić information content (AvgIpc) is 2.91. The van der Waals surface area contributed by atoms with Crippen molar-refractivity contribution < 1.29 is 14.3 Å². The highest BCUT2D eigenvalue weighted by Gasteiger charge is 2.27. The van der Waals surface area contributed by atoms with E-state index in [9.17, 15) is 0 Å². The summed E-state index contributed by atoms with van der Waals surface area (Å²) in [6.45, 7) is 5.18. The number of hydrogen-bond acceptors (Lipinski definition) is 6. The van der Waals surface area contributed by atoms with E-state index in [0.29, 0.717) is 6.04 Å². The molecule has 2 heterocycles. The van der Waals surface area contributed by atoms with Gasteiger partial charge in [-0.05, 0) is 28.4 Å². The zero-order valence-electron chi connectivity index (χ0n) is 12.3. The van der Waals surface area contributed by atoms with Crippen molar-refractivity contribution in [2.75, 3.05) is 18.6 Å². The van der Waals surface area contributed by atoms with Gasteiger partial charge in [-0.3, -0.25) is 4.99 Å². The Morgan fingerprint density at radius 2 is 2.14 bits per heavy atom. The Hall–Kier alpha value is -1.72. The monoisotopic (exact) mass is 355 g/mol. The Kier molecular flexibility index (Phi) is 7.05. The second-order valence-corrected chi connectivity index (χ2v) is 5.25. The highest BCUT2D eigenvalue weighted by atomic mass is 79.9. The molecular weight excluding hydrogens is 338 g/mol. The lowest BCUT2D eigenvalue weighted by Gasteiger charge is -2.21. The zero-order valence-corrected chi connectivity index (χ0v) is 13.9. The molecule has 1 atom stereocenters. The molecule has 1 aliphatic rings. The minimum atomic E-state index is 0.250. The smallest absolute Gasteiger partial charge is 0.373 e. The van der Waals surface area contributed by atoms with Crippen LogP contribution in [0.3, 0.4) is 0 Å². The molecule has 6 nitrogen and oxygen atoms in total. The lowest BCUT2D eigenvalue weighted by Crippen LogP contribution is -2.29. The fourth-order valence-electron chi connectivity index (χ4n) is 2.12. The van der Waals surface area contributed by atoms with Crippen molar-refractivity contribution in [1.82, 2.24) is 4.98 Å². The van der Waals surface area contributed by atoms with Gasteiger partial charge in [-0.2, -0.15) is 9.59 Å². The van der Waals surface area contributed by atoms with Crippen molar-refractivity contribution in [3.05, 3.63) is 16.7 Å². The van der Waals surface area contributed by atoms with Gasteiger partial charge in [0.15, 0.2) is 11.6 Å². The molecule has 0 bridgehead atoms. The first-order valence-electron chi connectivity index (χ1n) is 6.64. The number of halogens is 1. The number of pyridine rings is 1. The molecule has 0 saturated carbocycles. The summed E-state index contributed by atoms with van der Waals surface area (Å²) in [6, 6.07) is 2.31. The molecule has 1 unspecified atom stereocenters. The predicted octanol–water partition coefficient (Wildman–Crippen LogP) is 2.68. The highest BCUT2D eigenvalue weighted by molar-refractivity contribution is 9.10. The van der Waals surface area contributed by atoms with Crippen LogP contribution in [0.15, 0.2) is 21.7 Å². The van der Waals surface area contributed by atoms with Crippen molar-refractivity contribution >= 4 is 33.7 Å². The van der Waals surface area contributed by atoms with Gasteiger partial charge >= 0.3 is 6.15 Å². The summed E-state index contributed by atoms with van der Waals surface area (Å²) >= 11 is 3.41. The fraction of sp³-hybridized carbons (Fsp3) is 0.500. The van der Waals surface area contributed by atoms with Gasteiger partial charge in [-0.1, -0.05) is 13.8 Å². The van der Waals surface area contributed by atoms with Crippen molar-refractivity contribution in [3.63, 3.8) is 0 Å². The first-order chi connectivity index (χ1) is 10.1. The van der Waals surface area contributed by atoms with E-state index in [2.05, 4.69) is 39.7 Å². The fourth-order valence-corrected chi connectivity index (χ4v) is 2.43. The third-order valence-corrected chi connectivity index (χ3v) is 3.53. The Morgan fingerprint density at radius 1 is 1.48 bits per heavy atom. The number of aliphatic imine (C=N–C) groups is 1. The van der Waals surface area contributed by atoms with Crippen LogP contribution in [-0.4, -0.2) is 36.7 Å². The van der Waals surface area contributed by atoms with Crippen LogP contribution in [0.1, 0.15) is 26.7 Å². The Morgan fingerprint density at radius 3 is 2.67 bits per heavy atom. The Balaban J connectivity index is 0.000000677. The lowest BCUT2D eigenvalue weighted by atomic mass is 10.2. The van der Waals surface area contributed by atoms with E-state index >= 15 is 0 Å². The topological polar surface area (TPSA) is 71.9 Å². The number of methoxy groups -OCH3 is 1. The maximum Gasteiger partial charge on any atom is 0.373 e. The number of aromatic nitrogens is 1. The summed E-state index contributed by atoms with van der Waals surface area (Å²) in [5, 5.41) is 0. The Bertz CT molecular complexity index is 542. The second kappa shape index (κ2) is 8.54. The molecule has 7 heteroatoms. The third-order valence-electron chi connectivity index (χ3n) is 3.10. The number of amidine groups is 1. The van der Waals surface area contributed by atoms with Crippen molar-refractivity contribution in [1.29, 1.82) is 0 Å². The number of rotatable bonds is 4. The van der Waals surface area contributed by atoms with Gasteiger partial charge in [0.2, 0.25) is 0 Å². The van der Waals surface area contributed by atoms with E-state index in [4.69, 9.17) is 19.3 Å². The molecule has 21 heavy (non-hydrogen) atoms. The van der Waals surface area contributed by atoms with E-state index in [1.807, 2.05) is 6.07 Å². The number of carbonyl (C=O) groups excluding carboxylic acids is 2. The molecule has 0 N–H and O–H groups in total. The van der Waals surface area contributed by atoms with E-state index in [-0.39, 0.29) is 6.15 Å². The number of ether oxygens (including phenoxy) is 1. The largest absolute Gasteiger partial charge is 0.493 e. The van der Waals surface area contributed by atoms with Gasteiger partial charge in [-0.15, -0.1) is 0 Å². The van der Waals surface area contributed by atoms with Crippen molar-refractivity contribution in [2.24, 2.45) is 4.99 Å². The van der Waals surface area contributed by atoms with Gasteiger partial charge < -0.3 is 9.64 Å². The molecular formula is C14H18BrN3O3. The third kappa shape index (κ3) is 4.37.